The van der Waals surface area contributed by atoms with Gasteiger partial charge in [-0.05, 0) is 62.4 Å². The quantitative estimate of drug-likeness (QED) is 0.470. The van der Waals surface area contributed by atoms with E-state index in [1.165, 1.54) is 13.3 Å². The number of ether oxygens (including phenoxy) is 1. The van der Waals surface area contributed by atoms with Crippen LogP contribution in [-0.4, -0.2) is 32.5 Å². The molecule has 8 heteroatoms. The minimum absolute atomic E-state index is 0.108. The van der Waals surface area contributed by atoms with Crippen molar-refractivity contribution in [2.24, 2.45) is 0 Å². The summed E-state index contributed by atoms with van der Waals surface area (Å²) < 4.78 is 7.38. The first kappa shape index (κ1) is 20.3. The number of anilines is 3. The Kier molecular flexibility index (Phi) is 5.53. The van der Waals surface area contributed by atoms with E-state index in [2.05, 4.69) is 39.0 Å². The number of hydrogen-bond donors (Lipinski definition) is 2. The number of amides is 1. The second kappa shape index (κ2) is 8.43. The molecule has 0 saturated carbocycles. The van der Waals surface area contributed by atoms with Gasteiger partial charge in [0.2, 0.25) is 5.91 Å². The molecule has 0 bridgehead atoms. The van der Waals surface area contributed by atoms with Crippen molar-refractivity contribution in [3.05, 3.63) is 54.9 Å². The van der Waals surface area contributed by atoms with E-state index in [1.54, 1.807) is 7.11 Å². The van der Waals surface area contributed by atoms with Gasteiger partial charge >= 0.3 is 0 Å². The predicted molar refractivity (Wildman–Crippen MR) is 122 cm³/mol. The summed E-state index contributed by atoms with van der Waals surface area (Å²) in [6.07, 6.45) is 1.54. The Morgan fingerprint density at radius 3 is 2.29 bits per heavy atom. The number of methoxy groups -OCH3 is 1. The fraction of sp³-hybridized carbons (Fsp3) is 0.217. The van der Waals surface area contributed by atoms with E-state index in [-0.39, 0.29) is 11.9 Å². The summed E-state index contributed by atoms with van der Waals surface area (Å²) in [6, 6.07) is 15.4. The van der Waals surface area contributed by atoms with Crippen molar-refractivity contribution in [1.29, 1.82) is 0 Å². The third-order valence-corrected chi connectivity index (χ3v) is 4.81. The minimum Gasteiger partial charge on any atom is -0.497 e. The number of benzene rings is 2. The Bertz CT molecular complexity index is 1210. The lowest BCUT2D eigenvalue weighted by atomic mass is 10.2. The van der Waals surface area contributed by atoms with Crippen LogP contribution in [0, 0.1) is 0 Å². The van der Waals surface area contributed by atoms with E-state index >= 15 is 0 Å². The molecule has 0 aliphatic heterocycles. The third-order valence-electron chi connectivity index (χ3n) is 4.81. The van der Waals surface area contributed by atoms with Gasteiger partial charge in [0.1, 0.15) is 17.9 Å². The summed E-state index contributed by atoms with van der Waals surface area (Å²) in [5, 5.41) is 6.08. The van der Waals surface area contributed by atoms with Gasteiger partial charge < -0.3 is 19.9 Å². The number of nitrogens with zero attached hydrogens (tertiary/aromatic N) is 4. The molecule has 0 atom stereocenters. The zero-order valence-electron chi connectivity index (χ0n) is 17.9. The zero-order chi connectivity index (χ0) is 22.0. The molecule has 0 unspecified atom stereocenters. The highest BCUT2D eigenvalue weighted by molar-refractivity contribution is 5.90. The molecule has 8 nitrogen and oxygen atoms in total. The molecule has 2 aromatic heterocycles. The number of carbonyl (C=O) groups excluding carboxylic acids is 1. The van der Waals surface area contributed by atoms with Crippen LogP contribution in [0.15, 0.2) is 54.9 Å². The number of carbonyl (C=O) groups is 1. The van der Waals surface area contributed by atoms with E-state index in [1.807, 2.05) is 48.5 Å². The Morgan fingerprint density at radius 2 is 1.68 bits per heavy atom. The molecular weight excluding hydrogens is 392 g/mol. The van der Waals surface area contributed by atoms with E-state index in [0.717, 1.165) is 34.2 Å². The second-order valence-electron chi connectivity index (χ2n) is 7.41. The van der Waals surface area contributed by atoms with Crippen LogP contribution in [0.25, 0.3) is 22.6 Å². The number of hydrogen-bond acceptors (Lipinski definition) is 6. The molecule has 0 spiro atoms. The van der Waals surface area contributed by atoms with Crippen LogP contribution in [0.5, 0.6) is 5.75 Å². The molecule has 31 heavy (non-hydrogen) atoms. The predicted octanol–water partition coefficient (Wildman–Crippen LogP) is 4.78. The highest BCUT2D eigenvalue weighted by Gasteiger charge is 2.19. The average molecular weight is 416 g/mol. The number of rotatable bonds is 6. The highest BCUT2D eigenvalue weighted by atomic mass is 16.5. The van der Waals surface area contributed by atoms with Crippen LogP contribution < -0.4 is 15.4 Å². The monoisotopic (exact) mass is 416 g/mol. The highest BCUT2D eigenvalue weighted by Crippen LogP contribution is 2.31. The van der Waals surface area contributed by atoms with Crippen LogP contribution in [0.2, 0.25) is 0 Å². The summed E-state index contributed by atoms with van der Waals surface area (Å²) in [7, 11) is 1.65. The smallest absolute Gasteiger partial charge is 0.221 e. The van der Waals surface area contributed by atoms with Crippen LogP contribution >= 0.6 is 0 Å². The molecule has 0 fully saturated rings. The third kappa shape index (κ3) is 4.18. The molecule has 2 N–H and O–H groups in total. The van der Waals surface area contributed by atoms with Crippen molar-refractivity contribution in [2.75, 3.05) is 17.7 Å². The van der Waals surface area contributed by atoms with Gasteiger partial charge in [-0.15, -0.1) is 0 Å². The standard InChI is InChI=1S/C23H24N6O2/c1-14(2)29-22(16-5-11-19(31-4)12-6-16)28-20-21(24-13-25-23(20)29)27-18-9-7-17(8-10-18)26-15(3)30/h5-14H,1-4H3,(H,26,30)(H,24,25,27). The summed E-state index contributed by atoms with van der Waals surface area (Å²) in [5.41, 5.74) is 3.98. The maximum atomic E-state index is 11.2. The van der Waals surface area contributed by atoms with Gasteiger partial charge in [0.25, 0.3) is 0 Å². The van der Waals surface area contributed by atoms with Crippen molar-refractivity contribution in [3.8, 4) is 17.1 Å². The first-order valence-corrected chi connectivity index (χ1v) is 9.98. The average Bonchev–Trinajstić information content (AvgIpc) is 3.16. The molecule has 4 rings (SSSR count). The van der Waals surface area contributed by atoms with Crippen molar-refractivity contribution >= 4 is 34.3 Å². The maximum Gasteiger partial charge on any atom is 0.221 e. The molecule has 0 aliphatic carbocycles. The largest absolute Gasteiger partial charge is 0.497 e. The van der Waals surface area contributed by atoms with E-state index < -0.39 is 0 Å². The van der Waals surface area contributed by atoms with Crippen LogP contribution in [-0.2, 0) is 4.79 Å². The van der Waals surface area contributed by atoms with Gasteiger partial charge in [-0.2, -0.15) is 0 Å². The minimum atomic E-state index is -0.108. The second-order valence-corrected chi connectivity index (χ2v) is 7.41. The molecular formula is C23H24N6O2. The first-order valence-electron chi connectivity index (χ1n) is 9.98. The molecule has 0 radical (unpaired) electrons. The number of imidazole rings is 1. The molecule has 0 saturated heterocycles. The van der Waals surface area contributed by atoms with Crippen molar-refractivity contribution < 1.29 is 9.53 Å². The molecule has 0 aliphatic rings. The van der Waals surface area contributed by atoms with E-state index in [9.17, 15) is 4.79 Å². The number of nitrogens with one attached hydrogen (secondary N) is 2. The maximum absolute atomic E-state index is 11.2. The SMILES string of the molecule is COc1ccc(-c2nc3c(Nc4ccc(NC(C)=O)cc4)ncnc3n2C(C)C)cc1. The lowest BCUT2D eigenvalue weighted by Crippen LogP contribution is -2.05. The molecule has 1 amide bonds. The Morgan fingerprint density at radius 1 is 1.00 bits per heavy atom. The Hall–Kier alpha value is -3.94. The van der Waals surface area contributed by atoms with Crippen molar-refractivity contribution in [1.82, 2.24) is 19.5 Å². The van der Waals surface area contributed by atoms with Gasteiger partial charge in [-0.3, -0.25) is 4.79 Å². The molecule has 2 heterocycles. The van der Waals surface area contributed by atoms with Crippen LogP contribution in [0.3, 0.4) is 0 Å². The molecule has 158 valence electrons. The van der Waals surface area contributed by atoms with E-state index in [4.69, 9.17) is 9.72 Å². The molecule has 4 aromatic rings. The van der Waals surface area contributed by atoms with Crippen LogP contribution in [0.1, 0.15) is 26.8 Å². The summed E-state index contributed by atoms with van der Waals surface area (Å²) >= 11 is 0. The van der Waals surface area contributed by atoms with Gasteiger partial charge in [0.15, 0.2) is 17.0 Å². The van der Waals surface area contributed by atoms with Gasteiger partial charge in [-0.25, -0.2) is 15.0 Å². The fourth-order valence-corrected chi connectivity index (χ4v) is 3.41. The van der Waals surface area contributed by atoms with Gasteiger partial charge in [-0.1, -0.05) is 0 Å². The van der Waals surface area contributed by atoms with E-state index in [0.29, 0.717) is 11.3 Å². The fourth-order valence-electron chi connectivity index (χ4n) is 3.41. The normalized spacial score (nSPS) is 11.0. The summed E-state index contributed by atoms with van der Waals surface area (Å²) in [5.74, 6) is 2.12. The topological polar surface area (TPSA) is 94.0 Å². The lowest BCUT2D eigenvalue weighted by molar-refractivity contribution is -0.114. The number of aromatic nitrogens is 4. The van der Waals surface area contributed by atoms with Crippen molar-refractivity contribution in [3.63, 3.8) is 0 Å². The van der Waals surface area contributed by atoms with Gasteiger partial charge in [0, 0.05) is 29.9 Å². The van der Waals surface area contributed by atoms with Gasteiger partial charge in [0.05, 0.1) is 7.11 Å². The first-order chi connectivity index (χ1) is 15.0. The summed E-state index contributed by atoms with van der Waals surface area (Å²) in [4.78, 5) is 25.0. The van der Waals surface area contributed by atoms with Crippen molar-refractivity contribution in [2.45, 2.75) is 26.8 Å². The lowest BCUT2D eigenvalue weighted by Gasteiger charge is -2.12. The molecule has 2 aromatic carbocycles. The Labute approximate surface area is 180 Å². The van der Waals surface area contributed by atoms with Crippen LogP contribution in [0.4, 0.5) is 17.2 Å². The Balaban J connectivity index is 1.74. The number of fused-ring (bicyclic) bond motifs is 1. The summed E-state index contributed by atoms with van der Waals surface area (Å²) in [6.45, 7) is 5.68. The zero-order valence-corrected chi connectivity index (χ0v) is 17.9.